The lowest BCUT2D eigenvalue weighted by Crippen LogP contribution is -2.27. The molecule has 0 bridgehead atoms. The zero-order valence-electron chi connectivity index (χ0n) is 13.4. The fraction of sp³-hybridized carbons (Fsp3) is 0.294. The predicted octanol–water partition coefficient (Wildman–Crippen LogP) is 3.07. The summed E-state index contributed by atoms with van der Waals surface area (Å²) < 4.78 is 4.80. The molecule has 6 heteroatoms. The maximum atomic E-state index is 12.3. The fourth-order valence-corrected chi connectivity index (χ4v) is 3.11. The second-order valence-electron chi connectivity index (χ2n) is 5.70. The molecule has 0 spiro atoms. The third-order valence-electron chi connectivity index (χ3n) is 4.17. The first-order chi connectivity index (χ1) is 11.0. The summed E-state index contributed by atoms with van der Waals surface area (Å²) in [5.74, 6) is -0.00914. The Morgan fingerprint density at radius 2 is 2.09 bits per heavy atom. The first kappa shape index (κ1) is 15.8. The van der Waals surface area contributed by atoms with E-state index in [0.29, 0.717) is 13.1 Å². The summed E-state index contributed by atoms with van der Waals surface area (Å²) in [5, 5.41) is 8.48. The van der Waals surface area contributed by atoms with Crippen LogP contribution in [0.15, 0.2) is 34.9 Å². The summed E-state index contributed by atoms with van der Waals surface area (Å²) in [5.41, 5.74) is 4.17. The number of hydrogen-bond donors (Lipinski definition) is 1. The van der Waals surface area contributed by atoms with E-state index in [0.717, 1.165) is 32.3 Å². The van der Waals surface area contributed by atoms with Crippen LogP contribution < -0.4 is 5.32 Å². The highest BCUT2D eigenvalue weighted by Crippen LogP contribution is 2.20. The number of carbonyl (C=O) groups is 1. The molecule has 0 aliphatic rings. The first-order valence-electron chi connectivity index (χ1n) is 7.46. The number of fused-ring (bicyclic) bond motifs is 1. The van der Waals surface area contributed by atoms with Gasteiger partial charge in [0.15, 0.2) is 0 Å². The van der Waals surface area contributed by atoms with Gasteiger partial charge in [-0.15, -0.1) is 0 Å². The van der Waals surface area contributed by atoms with Crippen molar-refractivity contribution in [3.8, 4) is 0 Å². The lowest BCUT2D eigenvalue weighted by Gasteiger charge is -2.08. The van der Waals surface area contributed by atoms with Gasteiger partial charge >= 0.3 is 0 Å². The average molecular weight is 375 g/mol. The first-order valence-corrected chi connectivity index (χ1v) is 8.25. The van der Waals surface area contributed by atoms with Crippen molar-refractivity contribution in [1.29, 1.82) is 0 Å². The molecule has 0 atom stereocenters. The Balaban J connectivity index is 1.70. The van der Waals surface area contributed by atoms with Gasteiger partial charge in [0.2, 0.25) is 5.91 Å². The normalized spacial score (nSPS) is 11.1. The number of carbonyl (C=O) groups excluding carboxylic acids is 1. The number of aromatic nitrogens is 3. The Morgan fingerprint density at radius 1 is 1.30 bits per heavy atom. The van der Waals surface area contributed by atoms with Crippen molar-refractivity contribution in [2.24, 2.45) is 7.05 Å². The van der Waals surface area contributed by atoms with E-state index in [9.17, 15) is 4.79 Å². The van der Waals surface area contributed by atoms with Gasteiger partial charge in [-0.3, -0.25) is 9.48 Å². The van der Waals surface area contributed by atoms with E-state index in [1.54, 1.807) is 0 Å². The lowest BCUT2D eigenvalue weighted by molar-refractivity contribution is -0.121. The fourth-order valence-electron chi connectivity index (χ4n) is 2.77. The SMILES string of the molecule is Cc1nn(C)c(C)c1CNC(=O)Cn1ccc2ccc(Br)cc21. The molecule has 0 aliphatic heterocycles. The Hall–Kier alpha value is -2.08. The van der Waals surface area contributed by atoms with Gasteiger partial charge in [-0.2, -0.15) is 5.10 Å². The van der Waals surface area contributed by atoms with Crippen molar-refractivity contribution < 1.29 is 4.79 Å². The van der Waals surface area contributed by atoms with Gasteiger partial charge in [-0.05, 0) is 37.4 Å². The van der Waals surface area contributed by atoms with Crippen LogP contribution >= 0.6 is 15.9 Å². The van der Waals surface area contributed by atoms with Crippen molar-refractivity contribution in [3.05, 3.63) is 51.9 Å². The molecule has 2 aromatic heterocycles. The van der Waals surface area contributed by atoms with Gasteiger partial charge in [0.1, 0.15) is 6.54 Å². The predicted molar refractivity (Wildman–Crippen MR) is 94.2 cm³/mol. The number of hydrogen-bond acceptors (Lipinski definition) is 2. The number of aryl methyl sites for hydroxylation is 2. The molecule has 3 aromatic rings. The number of halogens is 1. The molecule has 2 heterocycles. The van der Waals surface area contributed by atoms with Crippen molar-refractivity contribution >= 4 is 32.7 Å². The number of benzene rings is 1. The number of nitrogens with one attached hydrogen (secondary N) is 1. The molecule has 23 heavy (non-hydrogen) atoms. The lowest BCUT2D eigenvalue weighted by atomic mass is 10.2. The Bertz CT molecular complexity index is 878. The highest BCUT2D eigenvalue weighted by Gasteiger charge is 2.11. The van der Waals surface area contributed by atoms with Crippen LogP contribution in [0.25, 0.3) is 10.9 Å². The Labute approximate surface area is 143 Å². The smallest absolute Gasteiger partial charge is 0.240 e. The number of nitrogens with zero attached hydrogens (tertiary/aromatic N) is 3. The number of rotatable bonds is 4. The van der Waals surface area contributed by atoms with Crippen molar-refractivity contribution in [3.63, 3.8) is 0 Å². The maximum absolute atomic E-state index is 12.3. The van der Waals surface area contributed by atoms with Gasteiger partial charge in [-0.1, -0.05) is 22.0 Å². The average Bonchev–Trinajstić information content (AvgIpc) is 2.99. The molecule has 0 fully saturated rings. The van der Waals surface area contributed by atoms with Crippen LogP contribution in [0.4, 0.5) is 0 Å². The molecule has 1 aromatic carbocycles. The van der Waals surface area contributed by atoms with E-state index in [2.05, 4.69) is 26.3 Å². The zero-order valence-corrected chi connectivity index (χ0v) is 15.0. The monoisotopic (exact) mass is 374 g/mol. The van der Waals surface area contributed by atoms with Crippen LogP contribution in [-0.2, 0) is 24.9 Å². The van der Waals surface area contributed by atoms with E-state index in [-0.39, 0.29) is 5.91 Å². The van der Waals surface area contributed by atoms with Crippen LogP contribution in [0.1, 0.15) is 17.0 Å². The highest BCUT2D eigenvalue weighted by atomic mass is 79.9. The maximum Gasteiger partial charge on any atom is 0.240 e. The summed E-state index contributed by atoms with van der Waals surface area (Å²) in [4.78, 5) is 12.3. The minimum atomic E-state index is -0.00914. The summed E-state index contributed by atoms with van der Waals surface area (Å²) >= 11 is 3.47. The van der Waals surface area contributed by atoms with E-state index >= 15 is 0 Å². The van der Waals surface area contributed by atoms with Crippen LogP contribution in [0, 0.1) is 13.8 Å². The van der Waals surface area contributed by atoms with Crippen LogP contribution in [0.2, 0.25) is 0 Å². The molecule has 1 amide bonds. The molecule has 1 N–H and O–H groups in total. The minimum Gasteiger partial charge on any atom is -0.350 e. The molecule has 0 aliphatic carbocycles. The quantitative estimate of drug-likeness (QED) is 0.762. The summed E-state index contributed by atoms with van der Waals surface area (Å²) in [7, 11) is 1.91. The van der Waals surface area contributed by atoms with Gasteiger partial charge in [0.25, 0.3) is 0 Å². The Morgan fingerprint density at radius 3 is 2.78 bits per heavy atom. The summed E-state index contributed by atoms with van der Waals surface area (Å²) in [6, 6.07) is 8.08. The standard InChI is InChI=1S/C17H19BrN4O/c1-11-15(12(2)21(3)20-11)9-19-17(23)10-22-7-6-13-4-5-14(18)8-16(13)22/h4-8H,9-10H2,1-3H3,(H,19,23). The largest absolute Gasteiger partial charge is 0.350 e. The van der Waals surface area contributed by atoms with Gasteiger partial charge in [0, 0.05) is 41.0 Å². The minimum absolute atomic E-state index is 0.00914. The molecule has 0 radical (unpaired) electrons. The number of amides is 1. The molecule has 5 nitrogen and oxygen atoms in total. The molecular formula is C17H19BrN4O. The van der Waals surface area contributed by atoms with Crippen LogP contribution in [-0.4, -0.2) is 20.3 Å². The van der Waals surface area contributed by atoms with E-state index in [1.807, 2.05) is 60.6 Å². The Kier molecular flexibility index (Phi) is 4.26. The van der Waals surface area contributed by atoms with Crippen molar-refractivity contribution in [1.82, 2.24) is 19.7 Å². The molecule has 120 valence electrons. The molecule has 0 saturated carbocycles. The van der Waals surface area contributed by atoms with E-state index < -0.39 is 0 Å². The van der Waals surface area contributed by atoms with Crippen molar-refractivity contribution in [2.45, 2.75) is 26.9 Å². The summed E-state index contributed by atoms with van der Waals surface area (Å²) in [6.07, 6.45) is 1.94. The molecule has 3 rings (SSSR count). The van der Waals surface area contributed by atoms with E-state index in [4.69, 9.17) is 0 Å². The van der Waals surface area contributed by atoms with Crippen LogP contribution in [0.5, 0.6) is 0 Å². The third kappa shape index (κ3) is 3.17. The second kappa shape index (κ2) is 6.20. The molecule has 0 saturated heterocycles. The van der Waals surface area contributed by atoms with Crippen LogP contribution in [0.3, 0.4) is 0 Å². The molecule has 0 unspecified atom stereocenters. The van der Waals surface area contributed by atoms with Gasteiger partial charge in [0.05, 0.1) is 5.69 Å². The highest BCUT2D eigenvalue weighted by molar-refractivity contribution is 9.10. The van der Waals surface area contributed by atoms with Gasteiger partial charge in [-0.25, -0.2) is 0 Å². The zero-order chi connectivity index (χ0) is 16.6. The summed E-state index contributed by atoms with van der Waals surface area (Å²) in [6.45, 7) is 4.79. The van der Waals surface area contributed by atoms with E-state index in [1.165, 1.54) is 0 Å². The third-order valence-corrected chi connectivity index (χ3v) is 4.66. The topological polar surface area (TPSA) is 51.9 Å². The van der Waals surface area contributed by atoms with Crippen molar-refractivity contribution in [2.75, 3.05) is 0 Å². The molecular weight excluding hydrogens is 356 g/mol. The second-order valence-corrected chi connectivity index (χ2v) is 6.61. The van der Waals surface area contributed by atoms with Gasteiger partial charge < -0.3 is 9.88 Å².